The lowest BCUT2D eigenvalue weighted by Gasteiger charge is -2.09. The van der Waals surface area contributed by atoms with E-state index in [1.807, 2.05) is 0 Å². The molecule has 1 aromatic carbocycles. The zero-order chi connectivity index (χ0) is 10.4. The molecule has 1 aromatic rings. The van der Waals surface area contributed by atoms with E-state index in [0.29, 0.717) is 5.88 Å². The normalized spacial score (nSPS) is 12.8. The number of hydrogen-bond donors (Lipinski definition) is 1. The molecule has 14 heavy (non-hydrogen) atoms. The summed E-state index contributed by atoms with van der Waals surface area (Å²) in [4.78, 5) is 0. The van der Waals surface area contributed by atoms with Crippen molar-refractivity contribution in [1.29, 1.82) is 0 Å². The van der Waals surface area contributed by atoms with Gasteiger partial charge in [-0.05, 0) is 59.5 Å². The van der Waals surface area contributed by atoms with Crippen LogP contribution >= 0.6 is 34.2 Å². The zero-order valence-electron chi connectivity index (χ0n) is 7.92. The minimum Gasteiger partial charge on any atom is -0.393 e. The molecule has 1 atom stereocenters. The van der Waals surface area contributed by atoms with Crippen LogP contribution in [0.3, 0.4) is 0 Å². The van der Waals surface area contributed by atoms with Gasteiger partial charge < -0.3 is 5.11 Å². The van der Waals surface area contributed by atoms with Crippen molar-refractivity contribution >= 4 is 34.2 Å². The molecule has 78 valence electrons. The molecule has 0 saturated carbocycles. The lowest BCUT2D eigenvalue weighted by atomic mass is 10.1. The van der Waals surface area contributed by atoms with Gasteiger partial charge in [0.15, 0.2) is 0 Å². The first kappa shape index (κ1) is 12.3. The van der Waals surface area contributed by atoms with Crippen LogP contribution in [0.15, 0.2) is 24.3 Å². The van der Waals surface area contributed by atoms with E-state index in [2.05, 4.69) is 46.9 Å². The molecule has 1 N–H and O–H groups in total. The van der Waals surface area contributed by atoms with Crippen molar-refractivity contribution in [2.24, 2.45) is 0 Å². The molecule has 0 aliphatic heterocycles. The highest BCUT2D eigenvalue weighted by Crippen LogP contribution is 2.11. The van der Waals surface area contributed by atoms with E-state index >= 15 is 0 Å². The van der Waals surface area contributed by atoms with E-state index in [1.54, 1.807) is 0 Å². The van der Waals surface area contributed by atoms with Gasteiger partial charge in [0, 0.05) is 9.45 Å². The van der Waals surface area contributed by atoms with Gasteiger partial charge in [-0.3, -0.25) is 0 Å². The molecule has 0 amide bonds. The maximum atomic E-state index is 9.64. The lowest BCUT2D eigenvalue weighted by Crippen LogP contribution is -2.10. The first-order valence-corrected chi connectivity index (χ1v) is 6.32. The second-order valence-electron chi connectivity index (χ2n) is 3.32. The van der Waals surface area contributed by atoms with E-state index in [0.717, 1.165) is 19.3 Å². The topological polar surface area (TPSA) is 20.2 Å². The molecule has 1 rings (SSSR count). The van der Waals surface area contributed by atoms with Crippen LogP contribution in [0.2, 0.25) is 0 Å². The smallest absolute Gasteiger partial charge is 0.0581 e. The van der Waals surface area contributed by atoms with Gasteiger partial charge >= 0.3 is 0 Å². The Labute approximate surface area is 104 Å². The fourth-order valence-corrected chi connectivity index (χ4v) is 1.82. The van der Waals surface area contributed by atoms with E-state index in [4.69, 9.17) is 11.6 Å². The summed E-state index contributed by atoms with van der Waals surface area (Å²) in [7, 11) is 0. The van der Waals surface area contributed by atoms with Gasteiger partial charge in [-0.2, -0.15) is 0 Å². The monoisotopic (exact) mass is 324 g/mol. The Bertz CT molecular complexity index is 260. The van der Waals surface area contributed by atoms with E-state index in [9.17, 15) is 5.11 Å². The van der Waals surface area contributed by atoms with Gasteiger partial charge in [-0.1, -0.05) is 12.1 Å². The van der Waals surface area contributed by atoms with Gasteiger partial charge in [0.2, 0.25) is 0 Å². The summed E-state index contributed by atoms with van der Waals surface area (Å²) in [6, 6.07) is 8.24. The minimum absolute atomic E-state index is 0.256. The van der Waals surface area contributed by atoms with Crippen LogP contribution in [0.1, 0.15) is 18.4 Å². The maximum absolute atomic E-state index is 9.64. The van der Waals surface area contributed by atoms with Crippen molar-refractivity contribution in [3.63, 3.8) is 0 Å². The van der Waals surface area contributed by atoms with Gasteiger partial charge in [-0.25, -0.2) is 0 Å². The molecule has 0 bridgehead atoms. The molecule has 0 spiro atoms. The highest BCUT2D eigenvalue weighted by molar-refractivity contribution is 14.1. The van der Waals surface area contributed by atoms with E-state index in [1.165, 1.54) is 9.13 Å². The third-order valence-corrected chi connectivity index (χ3v) is 3.04. The average Bonchev–Trinajstić information content (AvgIpc) is 2.18. The van der Waals surface area contributed by atoms with E-state index < -0.39 is 0 Å². The number of aliphatic hydroxyl groups excluding tert-OH is 1. The summed E-state index contributed by atoms with van der Waals surface area (Å²) in [6.07, 6.45) is 2.14. The highest BCUT2D eigenvalue weighted by Gasteiger charge is 2.04. The van der Waals surface area contributed by atoms with Crippen LogP contribution in [-0.2, 0) is 6.42 Å². The van der Waals surface area contributed by atoms with Gasteiger partial charge in [0.25, 0.3) is 0 Å². The Kier molecular flexibility index (Phi) is 5.82. The predicted molar refractivity (Wildman–Crippen MR) is 68.8 cm³/mol. The van der Waals surface area contributed by atoms with Crippen molar-refractivity contribution < 1.29 is 5.11 Å². The zero-order valence-corrected chi connectivity index (χ0v) is 10.8. The van der Waals surface area contributed by atoms with Crippen molar-refractivity contribution in [3.8, 4) is 0 Å². The molecule has 0 aliphatic rings. The molecule has 1 nitrogen and oxygen atoms in total. The van der Waals surface area contributed by atoms with Crippen LogP contribution in [0, 0.1) is 3.57 Å². The molecule has 1 unspecified atom stereocenters. The summed E-state index contributed by atoms with van der Waals surface area (Å²) >= 11 is 7.83. The van der Waals surface area contributed by atoms with Gasteiger partial charge in [0.1, 0.15) is 0 Å². The van der Waals surface area contributed by atoms with Crippen molar-refractivity contribution in [3.05, 3.63) is 33.4 Å². The predicted octanol–water partition coefficient (Wildman–Crippen LogP) is 3.21. The summed E-state index contributed by atoms with van der Waals surface area (Å²) in [6.45, 7) is 0. The fraction of sp³-hybridized carbons (Fsp3) is 0.455. The second-order valence-corrected chi connectivity index (χ2v) is 4.94. The average molecular weight is 325 g/mol. The van der Waals surface area contributed by atoms with Crippen LogP contribution in [0.4, 0.5) is 0 Å². The molecule has 0 saturated heterocycles. The maximum Gasteiger partial charge on any atom is 0.0581 e. The molecule has 3 heteroatoms. The Morgan fingerprint density at radius 3 is 2.50 bits per heavy atom. The Morgan fingerprint density at radius 2 is 1.93 bits per heavy atom. The van der Waals surface area contributed by atoms with Crippen LogP contribution in [0.25, 0.3) is 0 Å². The second kappa shape index (κ2) is 6.64. The summed E-state index contributed by atoms with van der Waals surface area (Å²) in [5.74, 6) is 0.629. The Morgan fingerprint density at radius 1 is 1.29 bits per heavy atom. The molecular weight excluding hydrogens is 310 g/mol. The quantitative estimate of drug-likeness (QED) is 0.651. The molecule has 0 fully saturated rings. The first-order valence-electron chi connectivity index (χ1n) is 4.71. The highest BCUT2D eigenvalue weighted by atomic mass is 127. The first-order chi connectivity index (χ1) is 6.72. The van der Waals surface area contributed by atoms with E-state index in [-0.39, 0.29) is 6.10 Å². The van der Waals surface area contributed by atoms with Crippen LogP contribution < -0.4 is 0 Å². The molecule has 0 heterocycles. The Hall–Kier alpha value is 0.200. The molecular formula is C11H14ClIO. The number of benzene rings is 1. The van der Waals surface area contributed by atoms with Gasteiger partial charge in [0.05, 0.1) is 6.10 Å². The number of hydrogen-bond acceptors (Lipinski definition) is 1. The molecule has 0 radical (unpaired) electrons. The van der Waals surface area contributed by atoms with Crippen LogP contribution in [0.5, 0.6) is 0 Å². The number of alkyl halides is 1. The van der Waals surface area contributed by atoms with Crippen molar-refractivity contribution in [1.82, 2.24) is 0 Å². The Balaban J connectivity index is 2.39. The SMILES string of the molecule is OC(CCCCl)Cc1ccc(I)cc1. The van der Waals surface area contributed by atoms with Gasteiger partial charge in [-0.15, -0.1) is 11.6 Å². The number of halogens is 2. The summed E-state index contributed by atoms with van der Waals surface area (Å²) < 4.78 is 1.22. The van der Waals surface area contributed by atoms with Crippen LogP contribution in [-0.4, -0.2) is 17.1 Å². The number of rotatable bonds is 5. The minimum atomic E-state index is -0.256. The summed E-state index contributed by atoms with van der Waals surface area (Å²) in [5, 5.41) is 9.64. The lowest BCUT2D eigenvalue weighted by molar-refractivity contribution is 0.164. The van der Waals surface area contributed by atoms with Crippen molar-refractivity contribution in [2.45, 2.75) is 25.4 Å². The molecule has 0 aliphatic carbocycles. The standard InChI is InChI=1S/C11H14ClIO/c12-7-1-2-11(14)8-9-3-5-10(13)6-4-9/h3-6,11,14H,1-2,7-8H2. The summed E-state index contributed by atoms with van der Waals surface area (Å²) in [5.41, 5.74) is 1.19. The molecule has 0 aromatic heterocycles. The third kappa shape index (κ3) is 4.62. The largest absolute Gasteiger partial charge is 0.393 e. The third-order valence-electron chi connectivity index (χ3n) is 2.06. The van der Waals surface area contributed by atoms with Crippen molar-refractivity contribution in [2.75, 3.05) is 5.88 Å². The number of aliphatic hydroxyl groups is 1. The fourth-order valence-electron chi connectivity index (χ4n) is 1.31.